The molecule has 3 heteroatoms. The molecular formula is C12H23N3. The van der Waals surface area contributed by atoms with E-state index in [-0.39, 0.29) is 0 Å². The van der Waals surface area contributed by atoms with E-state index in [4.69, 9.17) is 5.73 Å². The molecule has 2 N–H and O–H groups in total. The van der Waals surface area contributed by atoms with E-state index in [9.17, 15) is 0 Å². The van der Waals surface area contributed by atoms with Crippen molar-refractivity contribution in [1.29, 1.82) is 0 Å². The van der Waals surface area contributed by atoms with Crippen molar-refractivity contribution >= 4 is 5.69 Å². The zero-order chi connectivity index (χ0) is 11.3. The van der Waals surface area contributed by atoms with E-state index < -0.39 is 0 Å². The van der Waals surface area contributed by atoms with Crippen LogP contribution in [-0.4, -0.2) is 9.78 Å². The maximum absolute atomic E-state index is 5.73. The standard InChI is InChI=1S/C12H23N3/c1-10(2)7-5-4-6-8-15-11(3)12(13)9-14-15/h9-10H,4-8,13H2,1-3H3. The SMILES string of the molecule is Cc1c(N)cnn1CCCCCC(C)C. The van der Waals surface area contributed by atoms with Crippen molar-refractivity contribution in [2.24, 2.45) is 5.92 Å². The molecule has 0 aliphatic carbocycles. The number of hydrogen-bond acceptors (Lipinski definition) is 2. The number of unbranched alkanes of at least 4 members (excludes halogenated alkanes) is 2. The second-order valence-electron chi connectivity index (χ2n) is 4.65. The fourth-order valence-corrected chi connectivity index (χ4v) is 1.68. The molecule has 1 heterocycles. The summed E-state index contributed by atoms with van der Waals surface area (Å²) in [5.41, 5.74) is 7.63. The van der Waals surface area contributed by atoms with Crippen LogP contribution < -0.4 is 5.73 Å². The Morgan fingerprint density at radius 2 is 2.07 bits per heavy atom. The van der Waals surface area contributed by atoms with Gasteiger partial charge < -0.3 is 5.73 Å². The van der Waals surface area contributed by atoms with Gasteiger partial charge in [0.15, 0.2) is 0 Å². The molecule has 0 unspecified atom stereocenters. The molecule has 0 radical (unpaired) electrons. The molecule has 15 heavy (non-hydrogen) atoms. The third kappa shape index (κ3) is 3.94. The summed E-state index contributed by atoms with van der Waals surface area (Å²) in [5, 5.41) is 4.24. The molecule has 0 atom stereocenters. The molecule has 1 rings (SSSR count). The Morgan fingerprint density at radius 3 is 2.60 bits per heavy atom. The van der Waals surface area contributed by atoms with Crippen molar-refractivity contribution in [2.75, 3.05) is 5.73 Å². The van der Waals surface area contributed by atoms with Crippen molar-refractivity contribution in [3.8, 4) is 0 Å². The molecule has 0 saturated heterocycles. The molecule has 86 valence electrons. The Kier molecular flexibility index (Phi) is 4.66. The van der Waals surface area contributed by atoms with E-state index >= 15 is 0 Å². The lowest BCUT2D eigenvalue weighted by molar-refractivity contribution is 0.489. The summed E-state index contributed by atoms with van der Waals surface area (Å²) in [6.45, 7) is 7.58. The van der Waals surface area contributed by atoms with E-state index in [1.165, 1.54) is 25.7 Å². The minimum absolute atomic E-state index is 0.803. The van der Waals surface area contributed by atoms with Gasteiger partial charge in [-0.05, 0) is 19.3 Å². The lowest BCUT2D eigenvalue weighted by atomic mass is 10.1. The molecular weight excluding hydrogens is 186 g/mol. The molecule has 1 aromatic rings. The molecule has 0 amide bonds. The highest BCUT2D eigenvalue weighted by atomic mass is 15.3. The monoisotopic (exact) mass is 209 g/mol. The lowest BCUT2D eigenvalue weighted by Crippen LogP contribution is -2.03. The summed E-state index contributed by atoms with van der Waals surface area (Å²) < 4.78 is 2.00. The first-order valence-electron chi connectivity index (χ1n) is 5.89. The van der Waals surface area contributed by atoms with E-state index in [2.05, 4.69) is 18.9 Å². The van der Waals surface area contributed by atoms with Gasteiger partial charge in [-0.3, -0.25) is 4.68 Å². The third-order valence-corrected chi connectivity index (χ3v) is 2.79. The van der Waals surface area contributed by atoms with Gasteiger partial charge in [-0.15, -0.1) is 0 Å². The summed E-state index contributed by atoms with van der Waals surface area (Å²) in [6.07, 6.45) is 6.89. The van der Waals surface area contributed by atoms with E-state index in [1.807, 2.05) is 11.6 Å². The van der Waals surface area contributed by atoms with Crippen LogP contribution >= 0.6 is 0 Å². The Bertz CT molecular complexity index is 289. The van der Waals surface area contributed by atoms with E-state index in [1.54, 1.807) is 6.20 Å². The van der Waals surface area contributed by atoms with E-state index in [0.29, 0.717) is 0 Å². The normalized spacial score (nSPS) is 11.2. The summed E-state index contributed by atoms with van der Waals surface area (Å²) in [5.74, 6) is 0.826. The Morgan fingerprint density at radius 1 is 1.33 bits per heavy atom. The van der Waals surface area contributed by atoms with Gasteiger partial charge >= 0.3 is 0 Å². The van der Waals surface area contributed by atoms with Gasteiger partial charge in [-0.2, -0.15) is 5.10 Å². The van der Waals surface area contributed by atoms with Gasteiger partial charge in [0.05, 0.1) is 17.6 Å². The number of rotatable bonds is 6. The zero-order valence-electron chi connectivity index (χ0n) is 10.2. The van der Waals surface area contributed by atoms with Crippen LogP contribution in [0.2, 0.25) is 0 Å². The van der Waals surface area contributed by atoms with Crippen LogP contribution in [0.4, 0.5) is 5.69 Å². The van der Waals surface area contributed by atoms with Crippen molar-refractivity contribution < 1.29 is 0 Å². The highest BCUT2D eigenvalue weighted by Gasteiger charge is 2.02. The van der Waals surface area contributed by atoms with Gasteiger partial charge in [-0.1, -0.05) is 33.1 Å². The maximum Gasteiger partial charge on any atom is 0.0730 e. The van der Waals surface area contributed by atoms with Crippen LogP contribution in [0.25, 0.3) is 0 Å². The van der Waals surface area contributed by atoms with Gasteiger partial charge in [0.1, 0.15) is 0 Å². The van der Waals surface area contributed by atoms with Gasteiger partial charge in [0.2, 0.25) is 0 Å². The van der Waals surface area contributed by atoms with Crippen LogP contribution in [0.15, 0.2) is 6.20 Å². The predicted octanol–water partition coefficient (Wildman–Crippen LogP) is 2.99. The van der Waals surface area contributed by atoms with Crippen LogP contribution in [0.3, 0.4) is 0 Å². The second kappa shape index (κ2) is 5.79. The van der Waals surface area contributed by atoms with Crippen molar-refractivity contribution in [3.05, 3.63) is 11.9 Å². The van der Waals surface area contributed by atoms with Crippen LogP contribution in [0, 0.1) is 12.8 Å². The number of nitrogens with two attached hydrogens (primary N) is 1. The summed E-state index contributed by atoms with van der Waals surface area (Å²) in [6, 6.07) is 0. The minimum Gasteiger partial charge on any atom is -0.396 e. The summed E-state index contributed by atoms with van der Waals surface area (Å²) in [4.78, 5) is 0. The smallest absolute Gasteiger partial charge is 0.0730 e. The quantitative estimate of drug-likeness (QED) is 0.732. The number of nitrogens with zero attached hydrogens (tertiary/aromatic N) is 2. The summed E-state index contributed by atoms with van der Waals surface area (Å²) in [7, 11) is 0. The van der Waals surface area contributed by atoms with Crippen LogP contribution in [-0.2, 0) is 6.54 Å². The number of aromatic nitrogens is 2. The molecule has 3 nitrogen and oxygen atoms in total. The molecule has 0 aliphatic heterocycles. The molecule has 0 aromatic carbocycles. The van der Waals surface area contributed by atoms with Crippen molar-refractivity contribution in [2.45, 2.75) is 53.0 Å². The number of nitrogen functional groups attached to an aromatic ring is 1. The fourth-order valence-electron chi connectivity index (χ4n) is 1.68. The molecule has 0 saturated carbocycles. The first-order chi connectivity index (χ1) is 7.11. The highest BCUT2D eigenvalue weighted by molar-refractivity contribution is 5.39. The van der Waals surface area contributed by atoms with Crippen LogP contribution in [0.1, 0.15) is 45.2 Å². The van der Waals surface area contributed by atoms with Crippen molar-refractivity contribution in [3.63, 3.8) is 0 Å². The largest absolute Gasteiger partial charge is 0.396 e. The lowest BCUT2D eigenvalue weighted by Gasteiger charge is -2.06. The molecule has 0 spiro atoms. The zero-order valence-corrected chi connectivity index (χ0v) is 10.2. The van der Waals surface area contributed by atoms with Gasteiger partial charge in [0, 0.05) is 6.54 Å². The maximum atomic E-state index is 5.73. The molecule has 0 bridgehead atoms. The second-order valence-corrected chi connectivity index (χ2v) is 4.65. The van der Waals surface area contributed by atoms with Crippen LogP contribution in [0.5, 0.6) is 0 Å². The van der Waals surface area contributed by atoms with Gasteiger partial charge in [0.25, 0.3) is 0 Å². The number of hydrogen-bond donors (Lipinski definition) is 1. The van der Waals surface area contributed by atoms with Gasteiger partial charge in [-0.25, -0.2) is 0 Å². The Balaban J connectivity index is 2.18. The van der Waals surface area contributed by atoms with Crippen molar-refractivity contribution in [1.82, 2.24) is 9.78 Å². The minimum atomic E-state index is 0.803. The highest BCUT2D eigenvalue weighted by Crippen LogP contribution is 2.12. The molecule has 0 aliphatic rings. The first kappa shape index (κ1) is 12.1. The summed E-state index contributed by atoms with van der Waals surface area (Å²) >= 11 is 0. The average molecular weight is 209 g/mol. The topological polar surface area (TPSA) is 43.8 Å². The average Bonchev–Trinajstić information content (AvgIpc) is 2.48. The molecule has 0 fully saturated rings. The predicted molar refractivity (Wildman–Crippen MR) is 64.7 cm³/mol. The fraction of sp³-hybridized carbons (Fsp3) is 0.750. The third-order valence-electron chi connectivity index (χ3n) is 2.79. The number of anilines is 1. The Hall–Kier alpha value is -0.990. The first-order valence-corrected chi connectivity index (χ1v) is 5.89. The number of aryl methyl sites for hydroxylation is 1. The Labute approximate surface area is 92.7 Å². The molecule has 1 aromatic heterocycles. The van der Waals surface area contributed by atoms with E-state index in [0.717, 1.165) is 23.8 Å².